The summed E-state index contributed by atoms with van der Waals surface area (Å²) in [7, 11) is 1.67. The molecule has 1 saturated heterocycles. The summed E-state index contributed by atoms with van der Waals surface area (Å²) in [5.41, 5.74) is 2.53. The average Bonchev–Trinajstić information content (AvgIpc) is 3.79. The van der Waals surface area contributed by atoms with Crippen LogP contribution in [0.2, 0.25) is 0 Å². The molecule has 2 N–H and O–H groups in total. The van der Waals surface area contributed by atoms with Gasteiger partial charge in [-0.3, -0.25) is 9.59 Å². The van der Waals surface area contributed by atoms with E-state index in [9.17, 15) is 19.5 Å². The number of amides is 3. The lowest BCUT2D eigenvalue weighted by Gasteiger charge is -2.39. The van der Waals surface area contributed by atoms with Crippen LogP contribution in [0.25, 0.3) is 0 Å². The molecule has 1 aliphatic carbocycles. The summed E-state index contributed by atoms with van der Waals surface area (Å²) in [5.74, 6) is -0.394. The Morgan fingerprint density at radius 1 is 1.09 bits per heavy atom. The zero-order valence-corrected chi connectivity index (χ0v) is 28.1. The smallest absolute Gasteiger partial charge is 0.410 e. The number of rotatable bonds is 14. The number of likely N-dealkylation sites (tertiary alicyclic amines) is 1. The molecule has 3 atom stereocenters. The van der Waals surface area contributed by atoms with Crippen LogP contribution >= 0.6 is 0 Å². The molecule has 0 bridgehead atoms. The summed E-state index contributed by atoms with van der Waals surface area (Å²) >= 11 is 0. The van der Waals surface area contributed by atoms with E-state index in [1.807, 2.05) is 37.8 Å². The summed E-state index contributed by atoms with van der Waals surface area (Å²) in [5, 5.41) is 12.8. The van der Waals surface area contributed by atoms with Crippen LogP contribution in [0.3, 0.4) is 0 Å². The van der Waals surface area contributed by atoms with Crippen molar-refractivity contribution in [1.29, 1.82) is 0 Å². The lowest BCUT2D eigenvalue weighted by Crippen LogP contribution is -2.54. The van der Waals surface area contributed by atoms with Gasteiger partial charge in [0.15, 0.2) is 0 Å². The molecule has 3 rings (SSSR count). The lowest BCUT2D eigenvalue weighted by atomic mass is 9.87. The predicted molar refractivity (Wildman–Crippen MR) is 169 cm³/mol. The number of benzene rings is 1. The number of piperidine rings is 1. The Balaban J connectivity index is 1.83. The number of hydrogen-bond acceptors (Lipinski definition) is 7. The van der Waals surface area contributed by atoms with Crippen LogP contribution in [-0.2, 0) is 25.6 Å². The molecule has 0 spiro atoms. The zero-order valence-electron chi connectivity index (χ0n) is 28.1. The minimum Gasteiger partial charge on any atom is -0.493 e. The number of nitrogens with zero attached hydrogens (tertiary/aromatic N) is 2. The summed E-state index contributed by atoms with van der Waals surface area (Å²) in [6.07, 6.45) is 3.07. The number of methoxy groups -OCH3 is 1. The van der Waals surface area contributed by atoms with Crippen LogP contribution in [0.1, 0.15) is 83.4 Å². The first kappa shape index (κ1) is 35.6. The third-order valence-electron chi connectivity index (χ3n) is 8.27. The first-order valence-electron chi connectivity index (χ1n) is 16.1. The van der Waals surface area contributed by atoms with E-state index in [4.69, 9.17) is 14.2 Å². The monoisotopic (exact) mass is 617 g/mol. The van der Waals surface area contributed by atoms with Crippen molar-refractivity contribution in [1.82, 2.24) is 15.1 Å². The highest BCUT2D eigenvalue weighted by atomic mass is 16.6. The lowest BCUT2D eigenvalue weighted by molar-refractivity contribution is -0.140. The topological polar surface area (TPSA) is 118 Å². The Kier molecular flexibility index (Phi) is 12.9. The van der Waals surface area contributed by atoms with E-state index < -0.39 is 23.5 Å². The van der Waals surface area contributed by atoms with Gasteiger partial charge in [0, 0.05) is 45.8 Å². The Hall–Kier alpha value is -2.85. The third kappa shape index (κ3) is 10.6. The van der Waals surface area contributed by atoms with Crippen molar-refractivity contribution < 1.29 is 33.7 Å². The summed E-state index contributed by atoms with van der Waals surface area (Å²) in [6, 6.07) is 3.79. The number of aryl methyl sites for hydroxylation is 1. The van der Waals surface area contributed by atoms with Crippen molar-refractivity contribution in [3.05, 3.63) is 28.8 Å². The molecule has 10 heteroatoms. The largest absolute Gasteiger partial charge is 0.493 e. The minimum atomic E-state index is -0.711. The Labute approximate surface area is 263 Å². The van der Waals surface area contributed by atoms with Crippen LogP contribution in [0.5, 0.6) is 5.75 Å². The molecule has 248 valence electrons. The van der Waals surface area contributed by atoms with Crippen molar-refractivity contribution in [3.63, 3.8) is 0 Å². The molecule has 3 amide bonds. The SMILES string of the molecule is COCCCOc1cc(C)c(C)c(CN(C(=O)[C@@H]2C[C@H](C(=O)NC(CO)CC(C)C)CN(C(=O)OC(C)(C)C)C2)C2CC2)c1. The predicted octanol–water partition coefficient (Wildman–Crippen LogP) is 4.61. The van der Waals surface area contributed by atoms with Crippen molar-refractivity contribution in [3.8, 4) is 5.75 Å². The van der Waals surface area contributed by atoms with Crippen molar-refractivity contribution in [2.45, 2.75) is 105 Å². The number of aliphatic hydroxyl groups is 1. The molecular weight excluding hydrogens is 562 g/mol. The zero-order chi connectivity index (χ0) is 32.6. The fourth-order valence-corrected chi connectivity index (χ4v) is 5.74. The van der Waals surface area contributed by atoms with Gasteiger partial charge >= 0.3 is 6.09 Å². The molecule has 1 unspecified atom stereocenters. The molecule has 0 radical (unpaired) electrons. The minimum absolute atomic E-state index is 0.0529. The van der Waals surface area contributed by atoms with Crippen LogP contribution in [0, 0.1) is 31.6 Å². The van der Waals surface area contributed by atoms with Gasteiger partial charge in [0.2, 0.25) is 11.8 Å². The van der Waals surface area contributed by atoms with Gasteiger partial charge in [0.1, 0.15) is 11.4 Å². The highest BCUT2D eigenvalue weighted by molar-refractivity contribution is 5.84. The second-order valence-electron chi connectivity index (χ2n) is 13.9. The van der Waals surface area contributed by atoms with Gasteiger partial charge in [-0.15, -0.1) is 0 Å². The van der Waals surface area contributed by atoms with E-state index in [1.165, 1.54) is 4.90 Å². The maximum Gasteiger partial charge on any atom is 0.410 e. The Morgan fingerprint density at radius 2 is 1.77 bits per heavy atom. The summed E-state index contributed by atoms with van der Waals surface area (Å²) < 4.78 is 16.8. The van der Waals surface area contributed by atoms with E-state index >= 15 is 0 Å². The van der Waals surface area contributed by atoms with Gasteiger partial charge < -0.3 is 34.4 Å². The quantitative estimate of drug-likeness (QED) is 0.293. The molecule has 1 aliphatic heterocycles. The van der Waals surface area contributed by atoms with E-state index in [0.717, 1.165) is 41.7 Å². The van der Waals surface area contributed by atoms with Crippen LogP contribution < -0.4 is 10.1 Å². The molecule has 44 heavy (non-hydrogen) atoms. The van der Waals surface area contributed by atoms with Gasteiger partial charge in [0.25, 0.3) is 0 Å². The molecule has 2 aliphatic rings. The van der Waals surface area contributed by atoms with Crippen LogP contribution in [0.4, 0.5) is 4.79 Å². The fraction of sp³-hybridized carbons (Fsp3) is 0.735. The fourth-order valence-electron chi connectivity index (χ4n) is 5.74. The second-order valence-corrected chi connectivity index (χ2v) is 13.9. The van der Waals surface area contributed by atoms with Gasteiger partial charge in [-0.05, 0) is 95.0 Å². The van der Waals surface area contributed by atoms with Crippen molar-refractivity contribution in [2.75, 3.05) is 40.0 Å². The van der Waals surface area contributed by atoms with E-state index in [-0.39, 0.29) is 43.6 Å². The maximum absolute atomic E-state index is 14.3. The number of carbonyl (C=O) groups excluding carboxylic acids is 3. The molecule has 0 aromatic heterocycles. The molecule has 1 saturated carbocycles. The van der Waals surface area contributed by atoms with E-state index in [0.29, 0.717) is 38.5 Å². The Morgan fingerprint density at radius 3 is 2.36 bits per heavy atom. The molecule has 2 fully saturated rings. The molecular formula is C34H55N3O7. The van der Waals surface area contributed by atoms with E-state index in [2.05, 4.69) is 12.2 Å². The van der Waals surface area contributed by atoms with Crippen molar-refractivity contribution in [2.24, 2.45) is 17.8 Å². The highest BCUT2D eigenvalue weighted by Gasteiger charge is 2.43. The standard InChI is InChI=1S/C34H55N3O7/c1-22(2)14-28(21-38)35-31(39)26-16-27(19-36(18-26)33(41)44-34(5,6)7)32(40)37(29-10-11-29)20-25-17-30(15-23(3)24(25)4)43-13-9-12-42-8/h15,17,22,26-29,38H,9-14,16,18-21H2,1-8H3,(H,35,39)/t26-,27+,28?/m0/s1. The first-order chi connectivity index (χ1) is 20.7. The third-order valence-corrected chi connectivity index (χ3v) is 8.27. The molecule has 1 aromatic rings. The maximum atomic E-state index is 14.3. The number of carbonyl (C=O) groups is 3. The van der Waals surface area contributed by atoms with E-state index in [1.54, 1.807) is 27.9 Å². The number of hydrogen-bond donors (Lipinski definition) is 2. The second kappa shape index (κ2) is 15.9. The molecule has 1 heterocycles. The Bertz CT molecular complexity index is 1130. The van der Waals surface area contributed by atoms with Gasteiger partial charge in [-0.1, -0.05) is 13.8 Å². The summed E-state index contributed by atoms with van der Waals surface area (Å²) in [6.45, 7) is 15.4. The number of ether oxygens (including phenoxy) is 3. The van der Waals surface area contributed by atoms with Crippen LogP contribution in [-0.4, -0.2) is 90.5 Å². The average molecular weight is 618 g/mol. The normalized spacial score (nSPS) is 19.5. The molecule has 1 aromatic carbocycles. The van der Waals surface area contributed by atoms with Gasteiger partial charge in [-0.25, -0.2) is 4.79 Å². The van der Waals surface area contributed by atoms with Crippen LogP contribution in [0.15, 0.2) is 12.1 Å². The van der Waals surface area contributed by atoms with Crippen molar-refractivity contribution >= 4 is 17.9 Å². The number of nitrogens with one attached hydrogen (secondary N) is 1. The highest BCUT2D eigenvalue weighted by Crippen LogP contribution is 2.34. The first-order valence-corrected chi connectivity index (χ1v) is 16.1. The summed E-state index contributed by atoms with van der Waals surface area (Å²) in [4.78, 5) is 44.4. The van der Waals surface area contributed by atoms with Gasteiger partial charge in [-0.2, -0.15) is 0 Å². The number of aliphatic hydroxyl groups excluding tert-OH is 1. The van der Waals surface area contributed by atoms with Gasteiger partial charge in [0.05, 0.1) is 31.1 Å². The molecule has 10 nitrogen and oxygen atoms in total.